The molecule has 0 amide bonds. The number of aryl methyl sites for hydroxylation is 1. The zero-order valence-corrected chi connectivity index (χ0v) is 10.0. The van der Waals surface area contributed by atoms with E-state index in [0.29, 0.717) is 10.8 Å². The highest BCUT2D eigenvalue weighted by molar-refractivity contribution is 5.87. The van der Waals surface area contributed by atoms with Gasteiger partial charge in [0.25, 0.3) is 0 Å². The number of fused-ring (bicyclic) bond motifs is 1. The van der Waals surface area contributed by atoms with Crippen LogP contribution in [-0.2, 0) is 5.60 Å². The number of benzene rings is 2. The SMILES string of the molecule is Cc1ccc2c(C(C)(O)C(F)(F)F)cccc2c1. The Morgan fingerprint density at radius 2 is 1.72 bits per heavy atom. The molecule has 0 aromatic heterocycles. The van der Waals surface area contributed by atoms with Crippen molar-refractivity contribution in [2.24, 2.45) is 0 Å². The summed E-state index contributed by atoms with van der Waals surface area (Å²) >= 11 is 0. The summed E-state index contributed by atoms with van der Waals surface area (Å²) in [5.41, 5.74) is -2.00. The molecule has 96 valence electrons. The smallest absolute Gasteiger partial charge is 0.376 e. The van der Waals surface area contributed by atoms with Gasteiger partial charge in [-0.2, -0.15) is 13.2 Å². The second-order valence-corrected chi connectivity index (χ2v) is 4.60. The van der Waals surface area contributed by atoms with E-state index in [1.807, 2.05) is 6.92 Å². The first-order chi connectivity index (χ1) is 8.23. The van der Waals surface area contributed by atoms with Crippen LogP contribution in [0.15, 0.2) is 36.4 Å². The van der Waals surface area contributed by atoms with Gasteiger partial charge in [-0.05, 0) is 24.6 Å². The molecule has 2 rings (SSSR count). The average molecular weight is 254 g/mol. The van der Waals surface area contributed by atoms with E-state index >= 15 is 0 Å². The Labute approximate surface area is 103 Å². The number of aliphatic hydroxyl groups is 1. The highest BCUT2D eigenvalue weighted by atomic mass is 19.4. The van der Waals surface area contributed by atoms with Crippen LogP contribution in [0.4, 0.5) is 13.2 Å². The van der Waals surface area contributed by atoms with Crippen LogP contribution in [0.25, 0.3) is 10.8 Å². The molecule has 1 nitrogen and oxygen atoms in total. The molecule has 18 heavy (non-hydrogen) atoms. The van der Waals surface area contributed by atoms with Crippen molar-refractivity contribution in [2.75, 3.05) is 0 Å². The van der Waals surface area contributed by atoms with E-state index < -0.39 is 11.8 Å². The maximum Gasteiger partial charge on any atom is 0.421 e. The van der Waals surface area contributed by atoms with Crippen molar-refractivity contribution >= 4 is 10.8 Å². The number of rotatable bonds is 1. The molecule has 0 saturated carbocycles. The fourth-order valence-electron chi connectivity index (χ4n) is 1.98. The fraction of sp³-hybridized carbons (Fsp3) is 0.286. The minimum atomic E-state index is -4.70. The maximum atomic E-state index is 12.9. The topological polar surface area (TPSA) is 20.2 Å². The highest BCUT2D eigenvalue weighted by Crippen LogP contribution is 2.41. The van der Waals surface area contributed by atoms with Crippen molar-refractivity contribution in [3.05, 3.63) is 47.5 Å². The monoisotopic (exact) mass is 254 g/mol. The van der Waals surface area contributed by atoms with Crippen LogP contribution >= 0.6 is 0 Å². The Morgan fingerprint density at radius 3 is 2.33 bits per heavy atom. The van der Waals surface area contributed by atoms with Crippen molar-refractivity contribution in [3.8, 4) is 0 Å². The normalized spacial score (nSPS) is 15.7. The van der Waals surface area contributed by atoms with E-state index in [9.17, 15) is 18.3 Å². The van der Waals surface area contributed by atoms with Gasteiger partial charge in [0.1, 0.15) is 0 Å². The summed E-state index contributed by atoms with van der Waals surface area (Å²) in [6.07, 6.45) is -4.70. The third-order valence-corrected chi connectivity index (χ3v) is 3.11. The molecule has 4 heteroatoms. The molecule has 0 saturated heterocycles. The van der Waals surface area contributed by atoms with Gasteiger partial charge in [-0.15, -0.1) is 0 Å². The predicted molar refractivity (Wildman–Crippen MR) is 64.3 cm³/mol. The summed E-state index contributed by atoms with van der Waals surface area (Å²) in [6.45, 7) is 2.65. The second kappa shape index (κ2) is 3.99. The van der Waals surface area contributed by atoms with E-state index in [4.69, 9.17) is 0 Å². The summed E-state index contributed by atoms with van der Waals surface area (Å²) in [5.74, 6) is 0. The maximum absolute atomic E-state index is 12.9. The lowest BCUT2D eigenvalue weighted by Gasteiger charge is -2.28. The van der Waals surface area contributed by atoms with Crippen LogP contribution in [0.3, 0.4) is 0 Å². The van der Waals surface area contributed by atoms with Gasteiger partial charge in [-0.3, -0.25) is 0 Å². The zero-order valence-electron chi connectivity index (χ0n) is 10.0. The third-order valence-electron chi connectivity index (χ3n) is 3.11. The largest absolute Gasteiger partial charge is 0.421 e. The van der Waals surface area contributed by atoms with E-state index in [-0.39, 0.29) is 5.56 Å². The molecule has 2 aromatic rings. The summed E-state index contributed by atoms with van der Waals surface area (Å²) < 4.78 is 38.6. The molecule has 0 radical (unpaired) electrons. The first-order valence-corrected chi connectivity index (χ1v) is 5.52. The minimum Gasteiger partial charge on any atom is -0.376 e. The number of hydrogen-bond donors (Lipinski definition) is 1. The molecule has 0 heterocycles. The summed E-state index contributed by atoms with van der Waals surface area (Å²) in [6, 6.07) is 9.71. The molecule has 0 aliphatic carbocycles. The lowest BCUT2D eigenvalue weighted by atomic mass is 9.90. The van der Waals surface area contributed by atoms with E-state index in [1.165, 1.54) is 12.1 Å². The van der Waals surface area contributed by atoms with E-state index in [2.05, 4.69) is 0 Å². The fourth-order valence-corrected chi connectivity index (χ4v) is 1.98. The van der Waals surface area contributed by atoms with Crippen molar-refractivity contribution in [2.45, 2.75) is 25.6 Å². The van der Waals surface area contributed by atoms with Crippen molar-refractivity contribution in [3.63, 3.8) is 0 Å². The minimum absolute atomic E-state index is 0.118. The Balaban J connectivity index is 2.73. The predicted octanol–water partition coefficient (Wildman–Crippen LogP) is 3.92. The standard InChI is InChI=1S/C14H13F3O/c1-9-6-7-11-10(8-9)4-3-5-12(11)13(2,18)14(15,16)17/h3-8,18H,1-2H3. The Hall–Kier alpha value is -1.55. The van der Waals surface area contributed by atoms with Crippen molar-refractivity contribution in [1.29, 1.82) is 0 Å². The van der Waals surface area contributed by atoms with Gasteiger partial charge in [-0.25, -0.2) is 0 Å². The lowest BCUT2D eigenvalue weighted by molar-refractivity contribution is -0.258. The van der Waals surface area contributed by atoms with E-state index in [0.717, 1.165) is 12.5 Å². The van der Waals surface area contributed by atoms with Gasteiger partial charge in [0.05, 0.1) is 0 Å². The third kappa shape index (κ3) is 1.97. The summed E-state index contributed by atoms with van der Waals surface area (Å²) in [5, 5.41) is 10.9. The Morgan fingerprint density at radius 1 is 1.06 bits per heavy atom. The van der Waals surface area contributed by atoms with E-state index in [1.54, 1.807) is 24.3 Å². The molecule has 0 fully saturated rings. The number of halogens is 3. The summed E-state index contributed by atoms with van der Waals surface area (Å²) in [4.78, 5) is 0. The van der Waals surface area contributed by atoms with Gasteiger partial charge in [-0.1, -0.05) is 42.0 Å². The van der Waals surface area contributed by atoms with Crippen LogP contribution in [0.1, 0.15) is 18.1 Å². The van der Waals surface area contributed by atoms with Gasteiger partial charge in [0.2, 0.25) is 0 Å². The molecule has 0 bridgehead atoms. The molecule has 0 aliphatic rings. The molecule has 1 atom stereocenters. The van der Waals surface area contributed by atoms with Crippen LogP contribution in [0.5, 0.6) is 0 Å². The Bertz CT molecular complexity index is 585. The molecule has 0 spiro atoms. The zero-order chi connectivity index (χ0) is 13.6. The molecule has 2 aromatic carbocycles. The van der Waals surface area contributed by atoms with Gasteiger partial charge in [0, 0.05) is 5.56 Å². The Kier molecular flexibility index (Phi) is 2.86. The molecule has 1 unspecified atom stereocenters. The molecular weight excluding hydrogens is 241 g/mol. The molecular formula is C14H13F3O. The summed E-state index contributed by atoms with van der Waals surface area (Å²) in [7, 11) is 0. The molecule has 1 N–H and O–H groups in total. The molecule has 0 aliphatic heterocycles. The van der Waals surface area contributed by atoms with Crippen molar-refractivity contribution in [1.82, 2.24) is 0 Å². The lowest BCUT2D eigenvalue weighted by Crippen LogP contribution is -2.39. The number of hydrogen-bond acceptors (Lipinski definition) is 1. The first kappa shape index (κ1) is 12.9. The van der Waals surface area contributed by atoms with Crippen LogP contribution in [0.2, 0.25) is 0 Å². The average Bonchev–Trinajstić information content (AvgIpc) is 2.26. The second-order valence-electron chi connectivity index (χ2n) is 4.60. The van der Waals surface area contributed by atoms with Crippen LogP contribution in [-0.4, -0.2) is 11.3 Å². The highest BCUT2D eigenvalue weighted by Gasteiger charge is 2.51. The van der Waals surface area contributed by atoms with Crippen LogP contribution in [0, 0.1) is 6.92 Å². The quantitative estimate of drug-likeness (QED) is 0.817. The van der Waals surface area contributed by atoms with Crippen molar-refractivity contribution < 1.29 is 18.3 Å². The van der Waals surface area contributed by atoms with Gasteiger partial charge >= 0.3 is 6.18 Å². The number of alkyl halides is 3. The van der Waals surface area contributed by atoms with Gasteiger partial charge in [0.15, 0.2) is 5.60 Å². The van der Waals surface area contributed by atoms with Crippen LogP contribution < -0.4 is 0 Å². The first-order valence-electron chi connectivity index (χ1n) is 5.52. The van der Waals surface area contributed by atoms with Gasteiger partial charge < -0.3 is 5.11 Å².